The van der Waals surface area contributed by atoms with Crippen LogP contribution in [-0.2, 0) is 14.3 Å². The normalized spacial score (nSPS) is 15.6. The fourth-order valence-corrected chi connectivity index (χ4v) is 1.86. The summed E-state index contributed by atoms with van der Waals surface area (Å²) in [5.41, 5.74) is 0. The SMILES string of the molecule is CC(C)COS(=O)(=O)C(F)(F)C(F)(F)C(F)(F)C(F)(F)F. The molecule has 13 heteroatoms. The van der Waals surface area contributed by atoms with Crippen LogP contribution in [-0.4, -0.2) is 38.3 Å². The van der Waals surface area contributed by atoms with Crippen LogP contribution in [0.1, 0.15) is 13.8 Å². The van der Waals surface area contributed by atoms with Gasteiger partial charge in [-0.15, -0.1) is 0 Å². The topological polar surface area (TPSA) is 43.4 Å². The van der Waals surface area contributed by atoms with Crippen LogP contribution in [0.4, 0.5) is 39.5 Å². The molecule has 0 heterocycles. The second kappa shape index (κ2) is 5.48. The highest BCUT2D eigenvalue weighted by Gasteiger charge is 2.85. The van der Waals surface area contributed by atoms with Gasteiger partial charge in [0.2, 0.25) is 0 Å². The maximum atomic E-state index is 13.0. The van der Waals surface area contributed by atoms with Crippen molar-refractivity contribution in [3.05, 3.63) is 0 Å². The molecule has 0 radical (unpaired) electrons. The first-order valence-electron chi connectivity index (χ1n) is 5.01. The number of hydrogen-bond donors (Lipinski definition) is 0. The van der Waals surface area contributed by atoms with Crippen LogP contribution in [0.15, 0.2) is 0 Å². The lowest BCUT2D eigenvalue weighted by Crippen LogP contribution is -2.63. The molecule has 3 nitrogen and oxygen atoms in total. The van der Waals surface area contributed by atoms with Gasteiger partial charge in [0, 0.05) is 0 Å². The van der Waals surface area contributed by atoms with Crippen LogP contribution in [0.25, 0.3) is 0 Å². The Morgan fingerprint density at radius 3 is 1.52 bits per heavy atom. The van der Waals surface area contributed by atoms with Crippen molar-refractivity contribution in [3.8, 4) is 0 Å². The van der Waals surface area contributed by atoms with E-state index in [-0.39, 0.29) is 0 Å². The minimum absolute atomic E-state index is 0.799. The first kappa shape index (κ1) is 20.3. The van der Waals surface area contributed by atoms with Crippen molar-refractivity contribution in [1.82, 2.24) is 0 Å². The Morgan fingerprint density at radius 2 is 1.24 bits per heavy atom. The van der Waals surface area contributed by atoms with Crippen molar-refractivity contribution in [2.75, 3.05) is 6.61 Å². The average molecular weight is 356 g/mol. The molecule has 0 fully saturated rings. The molecule has 0 unspecified atom stereocenters. The van der Waals surface area contributed by atoms with Gasteiger partial charge in [-0.2, -0.15) is 47.9 Å². The predicted octanol–water partition coefficient (Wildman–Crippen LogP) is 3.41. The molecule has 0 aliphatic carbocycles. The van der Waals surface area contributed by atoms with E-state index in [2.05, 4.69) is 4.18 Å². The largest absolute Gasteiger partial charge is 0.460 e. The van der Waals surface area contributed by atoms with Gasteiger partial charge in [-0.3, -0.25) is 4.18 Å². The van der Waals surface area contributed by atoms with Gasteiger partial charge in [0.1, 0.15) is 0 Å². The summed E-state index contributed by atoms with van der Waals surface area (Å²) in [6.07, 6.45) is -7.09. The maximum absolute atomic E-state index is 13.0. The third kappa shape index (κ3) is 3.38. The first-order valence-corrected chi connectivity index (χ1v) is 6.41. The average Bonchev–Trinajstić information content (AvgIpc) is 2.24. The van der Waals surface area contributed by atoms with Crippen LogP contribution in [0, 0.1) is 5.92 Å². The van der Waals surface area contributed by atoms with E-state index in [0.29, 0.717) is 0 Å². The highest BCUT2D eigenvalue weighted by atomic mass is 32.2. The molecule has 0 spiro atoms. The van der Waals surface area contributed by atoms with E-state index < -0.39 is 45.9 Å². The van der Waals surface area contributed by atoms with E-state index in [0.717, 1.165) is 0 Å². The number of rotatable bonds is 6. The quantitative estimate of drug-likeness (QED) is 0.541. The van der Waals surface area contributed by atoms with E-state index in [1.54, 1.807) is 0 Å². The summed E-state index contributed by atoms with van der Waals surface area (Å²) in [6, 6.07) is 0. The second-order valence-corrected chi connectivity index (χ2v) is 5.95. The molecule has 0 amide bonds. The Kier molecular flexibility index (Phi) is 5.29. The van der Waals surface area contributed by atoms with Gasteiger partial charge in [0.15, 0.2) is 0 Å². The summed E-state index contributed by atoms with van der Waals surface area (Å²) in [6.45, 7) is 1.28. The third-order valence-corrected chi connectivity index (χ3v) is 3.32. The minimum Gasteiger partial charge on any atom is -0.265 e. The Labute approximate surface area is 113 Å². The highest BCUT2D eigenvalue weighted by molar-refractivity contribution is 7.87. The fourth-order valence-electron chi connectivity index (χ4n) is 0.817. The van der Waals surface area contributed by atoms with E-state index in [9.17, 15) is 47.9 Å². The molecule has 0 aromatic carbocycles. The summed E-state index contributed by atoms with van der Waals surface area (Å²) >= 11 is 0. The molecule has 0 aliphatic heterocycles. The molecule has 0 saturated heterocycles. The third-order valence-electron chi connectivity index (χ3n) is 1.99. The Balaban J connectivity index is 5.78. The zero-order valence-corrected chi connectivity index (χ0v) is 11.1. The van der Waals surface area contributed by atoms with Crippen molar-refractivity contribution in [2.24, 2.45) is 5.92 Å². The second-order valence-electron chi connectivity index (χ2n) is 4.30. The smallest absolute Gasteiger partial charge is 0.265 e. The van der Waals surface area contributed by atoms with Gasteiger partial charge in [-0.05, 0) is 5.92 Å². The van der Waals surface area contributed by atoms with Crippen LogP contribution in [0.2, 0.25) is 0 Å². The zero-order chi connectivity index (χ0) is 17.5. The van der Waals surface area contributed by atoms with Gasteiger partial charge >= 0.3 is 33.4 Å². The van der Waals surface area contributed by atoms with Crippen LogP contribution in [0.5, 0.6) is 0 Å². The lowest BCUT2D eigenvalue weighted by Gasteiger charge is -2.32. The van der Waals surface area contributed by atoms with Gasteiger partial charge < -0.3 is 0 Å². The van der Waals surface area contributed by atoms with Crippen LogP contribution < -0.4 is 0 Å². The maximum Gasteiger partial charge on any atom is 0.460 e. The van der Waals surface area contributed by atoms with Crippen LogP contribution in [0.3, 0.4) is 0 Å². The van der Waals surface area contributed by atoms with Gasteiger partial charge in [-0.25, -0.2) is 0 Å². The number of alkyl halides is 9. The lowest BCUT2D eigenvalue weighted by molar-refractivity contribution is -0.382. The zero-order valence-electron chi connectivity index (χ0n) is 10.3. The molecular weight excluding hydrogens is 347 g/mol. The van der Waals surface area contributed by atoms with Crippen molar-refractivity contribution < 1.29 is 52.1 Å². The first-order chi connectivity index (χ1) is 8.92. The van der Waals surface area contributed by atoms with Crippen molar-refractivity contribution >= 4 is 10.1 Å². The van der Waals surface area contributed by atoms with E-state index >= 15 is 0 Å². The van der Waals surface area contributed by atoms with E-state index in [1.165, 1.54) is 13.8 Å². The summed E-state index contributed by atoms with van der Waals surface area (Å²) < 4.78 is 137. The molecular formula is C8H9F9O3S. The molecule has 0 aromatic heterocycles. The van der Waals surface area contributed by atoms with Crippen molar-refractivity contribution in [2.45, 2.75) is 37.1 Å². The summed E-state index contributed by atoms with van der Waals surface area (Å²) in [5.74, 6) is -15.3. The van der Waals surface area contributed by atoms with Crippen molar-refractivity contribution in [3.63, 3.8) is 0 Å². The number of halogens is 9. The minimum atomic E-state index is -7.28. The molecule has 21 heavy (non-hydrogen) atoms. The monoisotopic (exact) mass is 356 g/mol. The Morgan fingerprint density at radius 1 is 0.857 bits per heavy atom. The highest BCUT2D eigenvalue weighted by Crippen LogP contribution is 2.54. The standard InChI is InChI=1S/C8H9F9O3S/c1-4(2)3-20-21(18,19)8(16,17)6(11,12)5(9,10)7(13,14)15/h4H,3H2,1-2H3. The summed E-state index contributed by atoms with van der Waals surface area (Å²) in [5, 5.41) is -6.78. The van der Waals surface area contributed by atoms with Gasteiger partial charge in [0.05, 0.1) is 6.61 Å². The molecule has 0 atom stereocenters. The Hall–Kier alpha value is -0.720. The summed E-state index contributed by atoms with van der Waals surface area (Å²) in [7, 11) is -6.72. The molecule has 0 aliphatic rings. The molecule has 0 bridgehead atoms. The molecule has 0 saturated carbocycles. The van der Waals surface area contributed by atoms with E-state index in [1.807, 2.05) is 0 Å². The van der Waals surface area contributed by atoms with E-state index in [4.69, 9.17) is 0 Å². The molecule has 0 aromatic rings. The molecule has 128 valence electrons. The van der Waals surface area contributed by atoms with Crippen molar-refractivity contribution in [1.29, 1.82) is 0 Å². The Bertz CT molecular complexity index is 466. The van der Waals surface area contributed by atoms with Gasteiger partial charge in [0.25, 0.3) is 0 Å². The van der Waals surface area contributed by atoms with Gasteiger partial charge in [-0.1, -0.05) is 13.8 Å². The fraction of sp³-hybridized carbons (Fsp3) is 1.00. The molecule has 0 N–H and O–H groups in total. The summed E-state index contributed by atoms with van der Waals surface area (Å²) in [4.78, 5) is 0. The van der Waals surface area contributed by atoms with Crippen LogP contribution >= 0.6 is 0 Å². The lowest BCUT2D eigenvalue weighted by atomic mass is 10.1. The number of hydrogen-bond acceptors (Lipinski definition) is 3. The predicted molar refractivity (Wildman–Crippen MR) is 50.6 cm³/mol. The molecule has 0 rings (SSSR count).